The van der Waals surface area contributed by atoms with Gasteiger partial charge in [0.05, 0.1) is 24.6 Å². The Morgan fingerprint density at radius 3 is 2.57 bits per heavy atom. The van der Waals surface area contributed by atoms with E-state index in [9.17, 15) is 13.6 Å². The fraction of sp³-hybridized carbons (Fsp3) is 0.0500. The molecule has 0 unspecified atom stereocenters. The Bertz CT molecular complexity index is 1170. The maximum absolute atomic E-state index is 13.7. The van der Waals surface area contributed by atoms with Crippen LogP contribution in [-0.2, 0) is 0 Å². The summed E-state index contributed by atoms with van der Waals surface area (Å²) in [6, 6.07) is 13.2. The van der Waals surface area contributed by atoms with Gasteiger partial charge in [-0.15, -0.1) is 5.10 Å². The monoisotopic (exact) mass is 380 g/mol. The van der Waals surface area contributed by atoms with Crippen LogP contribution in [0.4, 0.5) is 14.5 Å². The van der Waals surface area contributed by atoms with E-state index in [4.69, 9.17) is 4.74 Å². The summed E-state index contributed by atoms with van der Waals surface area (Å²) in [5.41, 5.74) is 2.42. The predicted molar refractivity (Wildman–Crippen MR) is 99.3 cm³/mol. The molecule has 6 nitrogen and oxygen atoms in total. The molecule has 0 fully saturated rings. The molecule has 2 heterocycles. The van der Waals surface area contributed by atoms with Crippen molar-refractivity contribution in [3.8, 4) is 17.1 Å². The number of amides is 1. The summed E-state index contributed by atoms with van der Waals surface area (Å²) in [6.07, 6.45) is 1.76. The van der Waals surface area contributed by atoms with E-state index in [1.54, 1.807) is 47.1 Å². The van der Waals surface area contributed by atoms with Crippen molar-refractivity contribution in [3.63, 3.8) is 0 Å². The molecule has 4 rings (SSSR count). The summed E-state index contributed by atoms with van der Waals surface area (Å²) in [7, 11) is 1.54. The maximum Gasteiger partial charge on any atom is 0.258 e. The molecule has 0 radical (unpaired) electrons. The lowest BCUT2D eigenvalue weighted by Gasteiger charge is -2.07. The predicted octanol–water partition coefficient (Wildman–Crippen LogP) is 3.94. The number of aromatic nitrogens is 3. The molecule has 28 heavy (non-hydrogen) atoms. The highest BCUT2D eigenvalue weighted by Gasteiger charge is 2.13. The van der Waals surface area contributed by atoms with E-state index in [0.29, 0.717) is 29.0 Å². The van der Waals surface area contributed by atoms with Crippen LogP contribution < -0.4 is 10.1 Å². The third kappa shape index (κ3) is 3.39. The van der Waals surface area contributed by atoms with Crippen molar-refractivity contribution in [1.82, 2.24) is 14.6 Å². The number of nitrogens with one attached hydrogen (secondary N) is 1. The van der Waals surface area contributed by atoms with Crippen LogP contribution in [0.2, 0.25) is 0 Å². The number of anilines is 1. The number of imidazole rings is 1. The molecule has 1 amide bonds. The van der Waals surface area contributed by atoms with Crippen LogP contribution in [-0.4, -0.2) is 27.6 Å². The second-order valence-corrected chi connectivity index (χ2v) is 5.96. The van der Waals surface area contributed by atoms with Crippen LogP contribution in [0.25, 0.3) is 16.9 Å². The first-order chi connectivity index (χ1) is 13.5. The van der Waals surface area contributed by atoms with Crippen LogP contribution in [0.3, 0.4) is 0 Å². The van der Waals surface area contributed by atoms with Gasteiger partial charge in [0.15, 0.2) is 5.65 Å². The summed E-state index contributed by atoms with van der Waals surface area (Å²) in [4.78, 5) is 16.7. The molecule has 8 heteroatoms. The summed E-state index contributed by atoms with van der Waals surface area (Å²) >= 11 is 0. The number of fused-ring (bicyclic) bond motifs is 1. The van der Waals surface area contributed by atoms with Gasteiger partial charge in [-0.3, -0.25) is 4.79 Å². The van der Waals surface area contributed by atoms with Gasteiger partial charge in [0.1, 0.15) is 11.6 Å². The number of methoxy groups -OCH3 is 1. The number of ether oxygens (including phenoxy) is 1. The first kappa shape index (κ1) is 17.6. The molecular weight excluding hydrogens is 366 g/mol. The first-order valence-corrected chi connectivity index (χ1v) is 8.31. The van der Waals surface area contributed by atoms with Crippen molar-refractivity contribution < 1.29 is 18.3 Å². The molecule has 140 valence electrons. The highest BCUT2D eigenvalue weighted by Crippen LogP contribution is 2.22. The Kier molecular flexibility index (Phi) is 4.44. The van der Waals surface area contributed by atoms with Gasteiger partial charge in [-0.25, -0.2) is 18.3 Å². The van der Waals surface area contributed by atoms with Crippen molar-refractivity contribution in [2.24, 2.45) is 0 Å². The van der Waals surface area contributed by atoms with Gasteiger partial charge in [-0.05, 0) is 30.3 Å². The van der Waals surface area contributed by atoms with Gasteiger partial charge >= 0.3 is 0 Å². The van der Waals surface area contributed by atoms with Crippen molar-refractivity contribution in [1.29, 1.82) is 0 Å². The molecule has 1 N–H and O–H groups in total. The largest absolute Gasteiger partial charge is 0.480 e. The van der Waals surface area contributed by atoms with Crippen LogP contribution in [0.1, 0.15) is 10.4 Å². The topological polar surface area (TPSA) is 68.5 Å². The van der Waals surface area contributed by atoms with Gasteiger partial charge in [-0.2, -0.15) is 0 Å². The summed E-state index contributed by atoms with van der Waals surface area (Å²) in [6.45, 7) is 0. The fourth-order valence-electron chi connectivity index (χ4n) is 2.71. The Morgan fingerprint density at radius 2 is 1.86 bits per heavy atom. The maximum atomic E-state index is 13.7. The lowest BCUT2D eigenvalue weighted by molar-refractivity contribution is 0.102. The highest BCUT2D eigenvalue weighted by atomic mass is 19.1. The van der Waals surface area contributed by atoms with E-state index in [1.807, 2.05) is 0 Å². The third-order valence-corrected chi connectivity index (χ3v) is 4.12. The molecule has 4 aromatic rings. The Labute approximate surface area is 158 Å². The van der Waals surface area contributed by atoms with E-state index in [-0.39, 0.29) is 5.56 Å². The second kappa shape index (κ2) is 7.07. The van der Waals surface area contributed by atoms with E-state index >= 15 is 0 Å². The van der Waals surface area contributed by atoms with E-state index < -0.39 is 17.5 Å². The SMILES string of the molecule is COc1ccc2nc(-c3ccc(NC(=O)c4ccc(F)cc4F)cc3)cn2n1. The zero-order chi connectivity index (χ0) is 19.7. The van der Waals surface area contributed by atoms with E-state index in [0.717, 1.165) is 17.7 Å². The standard InChI is InChI=1S/C20H14F2N4O2/c1-28-19-9-8-18-24-17(11-26(18)25-19)12-2-5-14(6-3-12)23-20(27)15-7-4-13(21)10-16(15)22/h2-11H,1H3,(H,23,27). The zero-order valence-corrected chi connectivity index (χ0v) is 14.7. The van der Waals surface area contributed by atoms with Crippen LogP contribution in [0.15, 0.2) is 60.8 Å². The van der Waals surface area contributed by atoms with Gasteiger partial charge < -0.3 is 10.1 Å². The molecule has 0 saturated heterocycles. The Balaban J connectivity index is 1.54. The minimum Gasteiger partial charge on any atom is -0.480 e. The lowest BCUT2D eigenvalue weighted by Crippen LogP contribution is -2.13. The smallest absolute Gasteiger partial charge is 0.258 e. The van der Waals surface area contributed by atoms with Crippen LogP contribution in [0.5, 0.6) is 5.88 Å². The van der Waals surface area contributed by atoms with Gasteiger partial charge in [0.25, 0.3) is 5.91 Å². The average Bonchev–Trinajstić information content (AvgIpc) is 3.11. The molecule has 2 aromatic heterocycles. The number of carbonyl (C=O) groups is 1. The van der Waals surface area contributed by atoms with Gasteiger partial charge in [0.2, 0.25) is 5.88 Å². The molecular formula is C20H14F2N4O2. The number of rotatable bonds is 4. The first-order valence-electron chi connectivity index (χ1n) is 8.31. The average molecular weight is 380 g/mol. The highest BCUT2D eigenvalue weighted by molar-refractivity contribution is 6.04. The molecule has 0 atom stereocenters. The number of carbonyl (C=O) groups excluding carboxylic acids is 1. The molecule has 2 aromatic carbocycles. The van der Waals surface area contributed by atoms with Gasteiger partial charge in [-0.1, -0.05) is 12.1 Å². The van der Waals surface area contributed by atoms with E-state index in [1.165, 1.54) is 7.11 Å². The Morgan fingerprint density at radius 1 is 1.07 bits per heavy atom. The van der Waals surface area contributed by atoms with Crippen LogP contribution in [0, 0.1) is 11.6 Å². The van der Waals surface area contributed by atoms with Crippen molar-refractivity contribution in [3.05, 3.63) is 78.0 Å². The van der Waals surface area contributed by atoms with Crippen molar-refractivity contribution in [2.75, 3.05) is 12.4 Å². The summed E-state index contributed by atoms with van der Waals surface area (Å²) in [5, 5.41) is 6.84. The van der Waals surface area contributed by atoms with Crippen LogP contribution >= 0.6 is 0 Å². The fourth-order valence-corrected chi connectivity index (χ4v) is 2.71. The Hall–Kier alpha value is -3.81. The number of benzene rings is 2. The zero-order valence-electron chi connectivity index (χ0n) is 14.7. The third-order valence-electron chi connectivity index (χ3n) is 4.12. The normalized spacial score (nSPS) is 10.8. The molecule has 0 aliphatic carbocycles. The van der Waals surface area contributed by atoms with Gasteiger partial charge in [0, 0.05) is 23.4 Å². The molecule has 0 bridgehead atoms. The minimum absolute atomic E-state index is 0.231. The lowest BCUT2D eigenvalue weighted by atomic mass is 10.1. The molecule has 0 spiro atoms. The molecule has 0 aliphatic heterocycles. The number of hydrogen-bond donors (Lipinski definition) is 1. The quantitative estimate of drug-likeness (QED) is 0.582. The van der Waals surface area contributed by atoms with Crippen molar-refractivity contribution in [2.45, 2.75) is 0 Å². The second-order valence-electron chi connectivity index (χ2n) is 5.96. The van der Waals surface area contributed by atoms with E-state index in [2.05, 4.69) is 15.4 Å². The number of nitrogens with zero attached hydrogens (tertiary/aromatic N) is 3. The minimum atomic E-state index is -0.915. The van der Waals surface area contributed by atoms with Crippen molar-refractivity contribution >= 4 is 17.2 Å². The summed E-state index contributed by atoms with van der Waals surface area (Å²) < 4.78 is 33.4. The molecule has 0 aliphatic rings. The number of hydrogen-bond acceptors (Lipinski definition) is 4. The summed E-state index contributed by atoms with van der Waals surface area (Å²) in [5.74, 6) is -1.84. The molecule has 0 saturated carbocycles. The number of halogens is 2.